The lowest BCUT2D eigenvalue weighted by atomic mass is 10.1. The number of rotatable bonds is 32. The molecule has 0 amide bonds. The zero-order valence-electron chi connectivity index (χ0n) is 73.8. The van der Waals surface area contributed by atoms with Gasteiger partial charge in [0.25, 0.3) is 10.0 Å². The molecule has 27 heteroatoms. The van der Waals surface area contributed by atoms with Crippen LogP contribution in [0.1, 0.15) is 165 Å². The number of hydrogen-bond donors (Lipinski definition) is 0. The van der Waals surface area contributed by atoms with E-state index in [0.717, 1.165) is 132 Å². The normalized spacial score (nSPS) is 14.6. The number of aromatic nitrogens is 14. The van der Waals surface area contributed by atoms with Crippen molar-refractivity contribution >= 4 is 102 Å². The van der Waals surface area contributed by atoms with Crippen molar-refractivity contribution in [3.63, 3.8) is 0 Å². The number of fused-ring (bicyclic) bond motifs is 4. The molecule has 130 heavy (non-hydrogen) atoms. The molecule has 20 nitrogen and oxygen atoms in total. The molecule has 4 aliphatic heterocycles. The summed E-state index contributed by atoms with van der Waals surface area (Å²) in [6.45, 7) is 17.0. The first-order chi connectivity index (χ1) is 63.5. The lowest BCUT2D eigenvalue weighted by Crippen LogP contribution is -2.20. The molecule has 10 aromatic heterocycles. The van der Waals surface area contributed by atoms with Crippen LogP contribution in [0.25, 0.3) is 66.9 Å². The van der Waals surface area contributed by atoms with Crippen LogP contribution in [0.4, 0.5) is 0 Å². The molecule has 4 fully saturated rings. The van der Waals surface area contributed by atoms with Gasteiger partial charge in [0.05, 0.1) is 60.2 Å². The lowest BCUT2D eigenvalue weighted by molar-refractivity contribution is 0.334. The van der Waals surface area contributed by atoms with Gasteiger partial charge in [0.1, 0.15) is 0 Å². The van der Waals surface area contributed by atoms with Crippen molar-refractivity contribution in [2.45, 2.75) is 148 Å². The second-order valence-electron chi connectivity index (χ2n) is 34.6. The fraction of sp³-hybridized carbons (Fsp3) is 0.350. The number of thiophene rings is 1. The minimum absolute atomic E-state index is 0.0829. The fourth-order valence-electron chi connectivity index (χ4n) is 17.8. The van der Waals surface area contributed by atoms with Crippen molar-refractivity contribution in [1.82, 2.24) is 87.2 Å². The maximum absolute atomic E-state index is 12.5. The maximum atomic E-state index is 12.5. The van der Waals surface area contributed by atoms with E-state index < -0.39 is 10.0 Å². The van der Waals surface area contributed by atoms with E-state index in [9.17, 15) is 8.42 Å². The van der Waals surface area contributed by atoms with Crippen LogP contribution in [-0.4, -0.2) is 180 Å². The fourth-order valence-corrected chi connectivity index (χ4v) is 21.0. The Labute approximate surface area is 791 Å². The Hall–Kier alpha value is -10.1. The third-order valence-electron chi connectivity index (χ3n) is 24.8. The van der Waals surface area contributed by atoms with Gasteiger partial charge in [-0.15, -0.1) is 11.3 Å². The highest BCUT2D eigenvalue weighted by Gasteiger charge is 2.22. The second-order valence-corrected chi connectivity index (χ2v) is 39.9. The molecule has 0 saturated carbocycles. The molecule has 4 aliphatic rings. The Kier molecular flexibility index (Phi) is 31.4. The standard InChI is InChI=1S/C27H34N6O2S.2C26H26Cl2N4.C24H25ClN4S/c1-2-3-18-36(34,35)32-21-24(20-28-32)25-9-6-10-27-29-26(30-33(25)27)19-23-13-11-22(12-14-23)8-7-17-31-15-4-5-16-31;27-22-13-12-21(18-23(22)28)24-6-3-7-26-29-25(30-32(24)26)17-20-10-8-19(9-11-20)5-4-16-31-14-1-2-15-31;27-22-16-21(17-23(28)18-22)24-6-3-7-26-29-25(30-32(24)26)15-20-10-8-19(9-11-20)5-4-14-31-12-1-2-13-31;25-22-13-12-21(30-22)20-6-3-7-24-26-23(27-29(20)24)17-19-10-8-18(9-11-19)5-4-16-28-14-1-2-15-28/h6,9-14,20-21H,2-5,7-8,15-19H2,1H3;3,6-13,18H,1-2,4-5,14-17H2;3,6-11,16-18H,1-2,4-5,12-15H2;3,6-13H,1-2,4-5,14-17H2. The van der Waals surface area contributed by atoms with E-state index in [4.69, 9.17) is 98.3 Å². The number of benzene rings is 6. The van der Waals surface area contributed by atoms with Gasteiger partial charge >= 0.3 is 0 Å². The van der Waals surface area contributed by atoms with E-state index >= 15 is 0 Å². The summed E-state index contributed by atoms with van der Waals surface area (Å²) >= 11 is 32.4. The molecule has 672 valence electrons. The van der Waals surface area contributed by atoms with Crippen LogP contribution >= 0.6 is 69.3 Å². The smallest absolute Gasteiger partial charge is 0.253 e. The molecule has 14 heterocycles. The minimum Gasteiger partial charge on any atom is -0.303 e. The highest BCUT2D eigenvalue weighted by atomic mass is 35.5. The van der Waals surface area contributed by atoms with Crippen LogP contribution in [-0.2, 0) is 61.4 Å². The molecule has 0 unspecified atom stereocenters. The molecule has 0 bridgehead atoms. The SMILES string of the molecule is CCCCS(=O)(=O)n1cc(-c2cccc3nc(Cc4ccc(CCCN5CCCC5)cc4)nn23)cn1.Clc1cc(Cl)cc(-c2cccc3nc(Cc4ccc(CCCN5CCCC5)cc4)nn23)c1.Clc1ccc(-c2cccc3nc(Cc4ccc(CCCN5CCCC5)cc4)nn23)cc1Cl.Clc1ccc(-c2cccc3nc(Cc4ccc(CCCN5CCCC5)cc4)nn23)s1. The summed E-state index contributed by atoms with van der Waals surface area (Å²) in [6.07, 6.45) is 27.6. The van der Waals surface area contributed by atoms with Crippen LogP contribution in [0.3, 0.4) is 0 Å². The van der Waals surface area contributed by atoms with Crippen LogP contribution in [0.15, 0.2) is 231 Å². The average Bonchev–Trinajstić information content (AvgIpc) is 1.63. The summed E-state index contributed by atoms with van der Waals surface area (Å²) in [6, 6.07) is 74.4. The molecule has 20 rings (SSSR count). The van der Waals surface area contributed by atoms with Gasteiger partial charge in [0.2, 0.25) is 0 Å². The van der Waals surface area contributed by atoms with E-state index in [0.29, 0.717) is 51.3 Å². The zero-order valence-corrected chi connectivity index (χ0v) is 79.2. The quantitative estimate of drug-likeness (QED) is 0.0387. The molecule has 0 N–H and O–H groups in total. The lowest BCUT2D eigenvalue weighted by Gasteiger charge is -2.13. The summed E-state index contributed by atoms with van der Waals surface area (Å²) in [5.41, 5.74) is 19.9. The number of halogens is 5. The molecule has 4 saturated heterocycles. The average molecular weight is 1870 g/mol. The Bertz CT molecular complexity index is 6510. The summed E-state index contributed by atoms with van der Waals surface area (Å²) in [7, 11) is -3.45. The number of nitrogens with zero attached hydrogens (tertiary/aromatic N) is 18. The third kappa shape index (κ3) is 24.6. The van der Waals surface area contributed by atoms with Crippen molar-refractivity contribution in [2.75, 3.05) is 84.3 Å². The third-order valence-corrected chi connectivity index (χ3v) is 28.8. The predicted octanol–water partition coefficient (Wildman–Crippen LogP) is 22.6. The summed E-state index contributed by atoms with van der Waals surface area (Å²) in [4.78, 5) is 30.3. The van der Waals surface area contributed by atoms with E-state index in [1.807, 2.05) is 130 Å². The Morgan fingerprint density at radius 2 is 0.677 bits per heavy atom. The van der Waals surface area contributed by atoms with E-state index in [2.05, 4.69) is 128 Å². The Morgan fingerprint density at radius 3 is 1.02 bits per heavy atom. The van der Waals surface area contributed by atoms with Crippen molar-refractivity contribution in [3.05, 3.63) is 323 Å². The first-order valence-electron chi connectivity index (χ1n) is 46.1. The summed E-state index contributed by atoms with van der Waals surface area (Å²) in [5, 5.41) is 25.5. The van der Waals surface area contributed by atoms with Gasteiger partial charge in [-0.25, -0.2) is 46.4 Å². The van der Waals surface area contributed by atoms with Gasteiger partial charge < -0.3 is 19.6 Å². The number of likely N-dealkylation sites (tertiary alicyclic amines) is 4. The highest BCUT2D eigenvalue weighted by molar-refractivity contribution is 7.89. The number of hydrogen-bond acceptors (Lipinski definition) is 16. The summed E-state index contributed by atoms with van der Waals surface area (Å²) < 4.78 is 34.3. The molecule has 0 radical (unpaired) electrons. The Balaban J connectivity index is 0.000000122. The number of unbranched alkanes of at least 4 members (excludes halogenated alkanes) is 1. The molecule has 16 aromatic rings. The van der Waals surface area contributed by atoms with Crippen molar-refractivity contribution in [2.24, 2.45) is 0 Å². The molecule has 0 atom stereocenters. The predicted molar refractivity (Wildman–Crippen MR) is 529 cm³/mol. The topological polar surface area (TPSA) is 186 Å². The Morgan fingerprint density at radius 1 is 0.338 bits per heavy atom. The minimum atomic E-state index is -3.45. The molecule has 0 spiro atoms. The number of aryl methyl sites for hydroxylation is 4. The van der Waals surface area contributed by atoms with Gasteiger partial charge in [-0.1, -0.05) is 199 Å². The molecular formula is C103H111Cl5N18O2S2. The highest BCUT2D eigenvalue weighted by Crippen LogP contribution is 2.34. The van der Waals surface area contributed by atoms with Gasteiger partial charge in [-0.3, -0.25) is 0 Å². The molecule has 0 aliphatic carbocycles. The molecular weight excluding hydrogens is 1760 g/mol. The van der Waals surface area contributed by atoms with Gasteiger partial charge in [-0.05, 0) is 323 Å². The van der Waals surface area contributed by atoms with E-state index in [-0.39, 0.29) is 5.75 Å². The van der Waals surface area contributed by atoms with Crippen molar-refractivity contribution in [3.8, 4) is 44.3 Å². The van der Waals surface area contributed by atoms with Crippen molar-refractivity contribution < 1.29 is 8.42 Å². The largest absolute Gasteiger partial charge is 0.303 e. The molecule has 6 aromatic carbocycles. The monoisotopic (exact) mass is 1870 g/mol. The summed E-state index contributed by atoms with van der Waals surface area (Å²) in [5.74, 6) is 3.25. The van der Waals surface area contributed by atoms with Crippen LogP contribution < -0.4 is 0 Å². The van der Waals surface area contributed by atoms with Crippen LogP contribution in [0.2, 0.25) is 24.4 Å². The maximum Gasteiger partial charge on any atom is 0.253 e. The van der Waals surface area contributed by atoms with Crippen LogP contribution in [0, 0.1) is 0 Å². The van der Waals surface area contributed by atoms with Gasteiger partial charge in [0, 0.05) is 52.4 Å². The van der Waals surface area contributed by atoms with Gasteiger partial charge in [-0.2, -0.15) is 29.6 Å². The van der Waals surface area contributed by atoms with E-state index in [1.165, 1.54) is 200 Å². The van der Waals surface area contributed by atoms with Gasteiger partial charge in [0.15, 0.2) is 45.9 Å². The zero-order chi connectivity index (χ0) is 89.1. The first-order valence-corrected chi connectivity index (χ1v) is 50.4. The van der Waals surface area contributed by atoms with Crippen molar-refractivity contribution in [1.29, 1.82) is 0 Å². The van der Waals surface area contributed by atoms with E-state index in [1.54, 1.807) is 34.3 Å². The number of pyridine rings is 4. The van der Waals surface area contributed by atoms with Crippen LogP contribution in [0.5, 0.6) is 0 Å². The first kappa shape index (κ1) is 91.8. The second kappa shape index (κ2) is 44.4.